The summed E-state index contributed by atoms with van der Waals surface area (Å²) in [4.78, 5) is 40.6. The van der Waals surface area contributed by atoms with Gasteiger partial charge in [0.25, 0.3) is 5.91 Å². The van der Waals surface area contributed by atoms with Crippen LogP contribution in [0.2, 0.25) is 0 Å². The van der Waals surface area contributed by atoms with Gasteiger partial charge in [0.05, 0.1) is 16.9 Å². The number of hydrogen-bond acceptors (Lipinski definition) is 8. The molecule has 0 radical (unpaired) electrons. The minimum absolute atomic E-state index is 0.0327. The van der Waals surface area contributed by atoms with Crippen molar-refractivity contribution >= 4 is 27.7 Å². The van der Waals surface area contributed by atoms with E-state index in [1.807, 2.05) is 45.0 Å². The molecule has 1 saturated heterocycles. The van der Waals surface area contributed by atoms with Crippen LogP contribution in [0.25, 0.3) is 0 Å². The van der Waals surface area contributed by atoms with E-state index in [-0.39, 0.29) is 18.5 Å². The molecule has 1 aliphatic heterocycles. The summed E-state index contributed by atoms with van der Waals surface area (Å²) >= 11 is 0. The molecular formula is C35H50F2N4O6S. The molecule has 3 amide bonds. The number of imide groups is 1. The highest BCUT2D eigenvalue weighted by molar-refractivity contribution is 7.92. The van der Waals surface area contributed by atoms with Crippen LogP contribution in [-0.2, 0) is 43.5 Å². The molecule has 2 aromatic rings. The van der Waals surface area contributed by atoms with Gasteiger partial charge in [-0.2, -0.15) is 0 Å². The molecule has 13 heteroatoms. The first-order valence-electron chi connectivity index (χ1n) is 16.6. The number of urea groups is 1. The van der Waals surface area contributed by atoms with Gasteiger partial charge in [-0.15, -0.1) is 0 Å². The Bertz CT molecular complexity index is 1510. The molecule has 0 spiro atoms. The average Bonchev–Trinajstić information content (AvgIpc) is 3.20. The van der Waals surface area contributed by atoms with Gasteiger partial charge in [-0.3, -0.25) is 14.5 Å². The molecule has 0 aromatic heterocycles. The first kappa shape index (κ1) is 39.0. The van der Waals surface area contributed by atoms with Crippen LogP contribution in [0.5, 0.6) is 0 Å². The maximum Gasteiger partial charge on any atom is 0.325 e. The molecule has 0 bridgehead atoms. The Morgan fingerprint density at radius 3 is 2.19 bits per heavy atom. The van der Waals surface area contributed by atoms with Crippen molar-refractivity contribution < 1.29 is 36.3 Å². The molecular weight excluding hydrogens is 642 g/mol. The van der Waals surface area contributed by atoms with E-state index in [0.29, 0.717) is 32.2 Å². The lowest BCUT2D eigenvalue weighted by molar-refractivity contribution is -0.155. The molecule has 3 atom stereocenters. The molecule has 0 saturated carbocycles. The zero-order valence-corrected chi connectivity index (χ0v) is 29.4. The number of carbonyl (C=O) groups excluding carboxylic acids is 3. The van der Waals surface area contributed by atoms with Crippen LogP contribution < -0.4 is 16.4 Å². The Labute approximate surface area is 283 Å². The van der Waals surface area contributed by atoms with Gasteiger partial charge in [-0.1, -0.05) is 57.9 Å². The monoisotopic (exact) mass is 692 g/mol. The Kier molecular flexibility index (Phi) is 14.1. The van der Waals surface area contributed by atoms with Crippen LogP contribution in [0, 0.1) is 17.6 Å². The zero-order valence-electron chi connectivity index (χ0n) is 28.6. The van der Waals surface area contributed by atoms with Gasteiger partial charge in [-0.05, 0) is 68.4 Å². The maximum absolute atomic E-state index is 14.0. The lowest BCUT2D eigenvalue weighted by Crippen LogP contribution is -2.49. The van der Waals surface area contributed by atoms with E-state index in [9.17, 15) is 31.6 Å². The third-order valence-electron chi connectivity index (χ3n) is 8.56. The minimum Gasteiger partial charge on any atom is -0.459 e. The van der Waals surface area contributed by atoms with E-state index >= 15 is 0 Å². The van der Waals surface area contributed by atoms with Crippen molar-refractivity contribution in [1.29, 1.82) is 0 Å². The average molecular weight is 693 g/mol. The van der Waals surface area contributed by atoms with Gasteiger partial charge in [0.1, 0.15) is 23.3 Å². The number of hydrogen-bond donors (Lipinski definition) is 3. The summed E-state index contributed by atoms with van der Waals surface area (Å²) in [5.41, 5.74) is 7.64. The van der Waals surface area contributed by atoms with Crippen molar-refractivity contribution in [2.24, 2.45) is 11.7 Å². The predicted octanol–water partition coefficient (Wildman–Crippen LogP) is 4.43. The molecule has 4 N–H and O–H groups in total. The normalized spacial score (nSPS) is 16.6. The molecule has 3 rings (SSSR count). The molecule has 48 heavy (non-hydrogen) atoms. The standard InChI is InChI=1S/C35H50F2N4O6S/c1-6-10-29(11-7-2)48(45,46)22-26(21-41-33(43)35(4,5)40-34(41)44)32(42)47-31(20-39-19-24-13-9-12-23(8-3)14-24)30(38)17-25-15-27(36)18-28(37)16-25/h9,12-16,18,26,29-31,39H,6-8,10-11,17,19-22,38H2,1-5H3,(H,40,44)/t26-,30?,31?/m1/s1. The van der Waals surface area contributed by atoms with Crippen LogP contribution in [0.3, 0.4) is 0 Å². The van der Waals surface area contributed by atoms with Crippen LogP contribution in [0.1, 0.15) is 77.0 Å². The molecule has 2 unspecified atom stereocenters. The largest absolute Gasteiger partial charge is 0.459 e. The second kappa shape index (κ2) is 17.3. The fourth-order valence-corrected chi connectivity index (χ4v) is 8.20. The number of nitrogens with one attached hydrogen (secondary N) is 2. The maximum atomic E-state index is 14.0. The van der Waals surface area contributed by atoms with E-state index in [1.165, 1.54) is 13.8 Å². The lowest BCUT2D eigenvalue weighted by Gasteiger charge is -2.29. The number of amides is 3. The zero-order chi connectivity index (χ0) is 35.6. The number of ether oxygens (including phenoxy) is 1. The number of nitrogens with two attached hydrogens (primary N) is 1. The number of benzene rings is 2. The number of aryl methyl sites for hydroxylation is 1. The van der Waals surface area contributed by atoms with Gasteiger partial charge >= 0.3 is 12.0 Å². The fourth-order valence-electron chi connectivity index (χ4n) is 5.94. The third kappa shape index (κ3) is 10.8. The van der Waals surface area contributed by atoms with E-state index < -0.39 is 80.5 Å². The SMILES string of the molecule is CCCC(CCC)S(=O)(=O)C[C@@H](CN1C(=O)NC(C)(C)C1=O)C(=O)OC(CNCc1cccc(CC)c1)C(N)Cc1cc(F)cc(F)c1. The molecule has 1 fully saturated rings. The predicted molar refractivity (Wildman–Crippen MR) is 181 cm³/mol. The van der Waals surface area contributed by atoms with Crippen LogP contribution in [0.15, 0.2) is 42.5 Å². The quantitative estimate of drug-likeness (QED) is 0.145. The summed E-state index contributed by atoms with van der Waals surface area (Å²) in [6.07, 6.45) is 1.75. The van der Waals surface area contributed by atoms with Gasteiger partial charge < -0.3 is 21.1 Å². The highest BCUT2D eigenvalue weighted by Gasteiger charge is 2.47. The Hall–Kier alpha value is -3.42. The molecule has 1 heterocycles. The summed E-state index contributed by atoms with van der Waals surface area (Å²) in [6, 6.07) is 9.24. The van der Waals surface area contributed by atoms with E-state index in [1.54, 1.807) is 0 Å². The lowest BCUT2D eigenvalue weighted by atomic mass is 10.0. The number of esters is 1. The first-order valence-corrected chi connectivity index (χ1v) is 18.4. The number of halogens is 2. The van der Waals surface area contributed by atoms with E-state index in [2.05, 4.69) is 10.6 Å². The van der Waals surface area contributed by atoms with Crippen LogP contribution in [-0.4, -0.2) is 73.0 Å². The van der Waals surface area contributed by atoms with Crippen molar-refractivity contribution in [1.82, 2.24) is 15.5 Å². The fraction of sp³-hybridized carbons (Fsp3) is 0.571. The first-order chi connectivity index (χ1) is 22.6. The highest BCUT2D eigenvalue weighted by Crippen LogP contribution is 2.24. The minimum atomic E-state index is -3.87. The molecule has 0 aliphatic carbocycles. The van der Waals surface area contributed by atoms with Crippen molar-refractivity contribution in [3.05, 3.63) is 70.8 Å². The van der Waals surface area contributed by atoms with Gasteiger partial charge in [-0.25, -0.2) is 22.0 Å². The number of carbonyl (C=O) groups is 3. The van der Waals surface area contributed by atoms with Crippen molar-refractivity contribution in [2.45, 2.75) is 103 Å². The van der Waals surface area contributed by atoms with Crippen LogP contribution >= 0.6 is 0 Å². The molecule has 266 valence electrons. The summed E-state index contributed by atoms with van der Waals surface area (Å²) in [5.74, 6) is -5.15. The summed E-state index contributed by atoms with van der Waals surface area (Å²) in [6.45, 7) is 8.75. The van der Waals surface area contributed by atoms with Gasteiger partial charge in [0.15, 0.2) is 9.84 Å². The smallest absolute Gasteiger partial charge is 0.325 e. The molecule has 1 aliphatic rings. The third-order valence-corrected chi connectivity index (χ3v) is 10.9. The number of nitrogens with zero attached hydrogens (tertiary/aromatic N) is 1. The number of sulfone groups is 1. The number of rotatable bonds is 19. The second-order valence-corrected chi connectivity index (χ2v) is 15.4. The van der Waals surface area contributed by atoms with Crippen molar-refractivity contribution in [3.63, 3.8) is 0 Å². The summed E-state index contributed by atoms with van der Waals surface area (Å²) in [7, 11) is -3.87. The highest BCUT2D eigenvalue weighted by atomic mass is 32.2. The summed E-state index contributed by atoms with van der Waals surface area (Å²) < 4.78 is 61.3. The summed E-state index contributed by atoms with van der Waals surface area (Å²) in [5, 5.41) is 5.08. The van der Waals surface area contributed by atoms with Crippen molar-refractivity contribution in [2.75, 3.05) is 18.8 Å². The Morgan fingerprint density at radius 2 is 1.62 bits per heavy atom. The van der Waals surface area contributed by atoms with E-state index in [0.717, 1.165) is 40.6 Å². The second-order valence-electron chi connectivity index (χ2n) is 13.1. The Morgan fingerprint density at radius 1 is 1.00 bits per heavy atom. The van der Waals surface area contributed by atoms with Crippen molar-refractivity contribution in [3.8, 4) is 0 Å². The topological polar surface area (TPSA) is 148 Å². The van der Waals surface area contributed by atoms with Crippen LogP contribution in [0.4, 0.5) is 13.6 Å². The molecule has 2 aromatic carbocycles. The Balaban J connectivity index is 1.91. The van der Waals surface area contributed by atoms with Gasteiger partial charge in [0.2, 0.25) is 0 Å². The van der Waals surface area contributed by atoms with E-state index in [4.69, 9.17) is 10.5 Å². The molecule has 10 nitrogen and oxygen atoms in total. The van der Waals surface area contributed by atoms with Gasteiger partial charge in [0, 0.05) is 31.7 Å².